The van der Waals surface area contributed by atoms with Crippen molar-refractivity contribution in [3.05, 3.63) is 76.1 Å². The molecule has 0 saturated carbocycles. The largest absolute Gasteiger partial charge is 0.327 e. The predicted octanol–water partition coefficient (Wildman–Crippen LogP) is 3.52. The van der Waals surface area contributed by atoms with Gasteiger partial charge in [0.2, 0.25) is 11.8 Å². The Morgan fingerprint density at radius 1 is 0.974 bits per heavy atom. The van der Waals surface area contributed by atoms with Gasteiger partial charge in [0.05, 0.1) is 16.8 Å². The van der Waals surface area contributed by atoms with Gasteiger partial charge in [-0.15, -0.1) is 0 Å². The highest BCUT2D eigenvalue weighted by Crippen LogP contribution is 2.29. The van der Waals surface area contributed by atoms with Gasteiger partial charge in [-0.2, -0.15) is 0 Å². The van der Waals surface area contributed by atoms with E-state index in [9.17, 15) is 19.2 Å². The van der Waals surface area contributed by atoms with E-state index in [2.05, 4.69) is 20.2 Å². The Morgan fingerprint density at radius 2 is 1.79 bits per heavy atom. The summed E-state index contributed by atoms with van der Waals surface area (Å²) in [5.74, 6) is -0.128. The van der Waals surface area contributed by atoms with Gasteiger partial charge >= 0.3 is 0 Å². The zero-order valence-electron chi connectivity index (χ0n) is 21.6. The molecule has 39 heavy (non-hydrogen) atoms. The molecule has 3 amide bonds. The number of imide groups is 1. The molecule has 0 radical (unpaired) electrons. The minimum absolute atomic E-state index is 0.149. The first-order chi connectivity index (χ1) is 18.9. The summed E-state index contributed by atoms with van der Waals surface area (Å²) >= 11 is 0. The molecule has 198 valence electrons. The Balaban J connectivity index is 1.39. The van der Waals surface area contributed by atoms with Crippen LogP contribution in [-0.2, 0) is 22.6 Å². The Kier molecular flexibility index (Phi) is 6.30. The minimum atomic E-state index is -0.817. The van der Waals surface area contributed by atoms with Crippen molar-refractivity contribution >= 4 is 34.3 Å². The molecule has 4 aromatic rings. The van der Waals surface area contributed by atoms with E-state index in [1.807, 2.05) is 30.3 Å². The van der Waals surface area contributed by atoms with E-state index in [1.165, 1.54) is 4.57 Å². The molecule has 0 aliphatic carbocycles. The number of anilines is 1. The number of amides is 3. The van der Waals surface area contributed by atoms with Gasteiger partial charge in [-0.3, -0.25) is 29.1 Å². The average Bonchev–Trinajstić information content (AvgIpc) is 3.11. The first-order valence-corrected chi connectivity index (χ1v) is 13.2. The number of benzene rings is 2. The third kappa shape index (κ3) is 4.41. The molecule has 2 N–H and O–H groups in total. The third-order valence-corrected chi connectivity index (χ3v) is 7.49. The zero-order chi connectivity index (χ0) is 27.1. The summed E-state index contributed by atoms with van der Waals surface area (Å²) in [5, 5.41) is 5.53. The number of imidazole rings is 1. The van der Waals surface area contributed by atoms with Gasteiger partial charge in [-0.05, 0) is 44.7 Å². The van der Waals surface area contributed by atoms with Gasteiger partial charge in [0.25, 0.3) is 11.5 Å². The number of piperidine rings is 1. The summed E-state index contributed by atoms with van der Waals surface area (Å²) in [6, 6.07) is 14.0. The molecule has 0 spiro atoms. The molecule has 2 aromatic heterocycles. The van der Waals surface area contributed by atoms with E-state index in [0.717, 1.165) is 49.3 Å². The molecule has 1 unspecified atom stereocenters. The molecular formula is C29H28N6O4. The smallest absolute Gasteiger partial charge is 0.276 e. The molecule has 4 heterocycles. The fourth-order valence-electron chi connectivity index (χ4n) is 5.62. The summed E-state index contributed by atoms with van der Waals surface area (Å²) in [6.45, 7) is 2.44. The maximum absolute atomic E-state index is 13.7. The van der Waals surface area contributed by atoms with E-state index in [4.69, 9.17) is 4.98 Å². The van der Waals surface area contributed by atoms with E-state index >= 15 is 0 Å². The second kappa shape index (κ2) is 9.94. The quantitative estimate of drug-likeness (QED) is 0.393. The molecule has 2 aromatic carbocycles. The number of nitrogens with zero attached hydrogens (tertiary/aromatic N) is 4. The van der Waals surface area contributed by atoms with Gasteiger partial charge in [-0.25, -0.2) is 9.97 Å². The van der Waals surface area contributed by atoms with Gasteiger partial charge in [0.15, 0.2) is 0 Å². The molecule has 1 atom stereocenters. The second-order valence-corrected chi connectivity index (χ2v) is 10.0. The molecule has 10 heteroatoms. The standard InChI is InChI=1S/C29H28N6O4/c1-17-30-24-19(29(39)35(17)22-14-15-23(36)32-27(22)37)11-8-12-20(24)31-28(38)25-21-13-6-3-7-16-34(21)26(33-25)18-9-4-2-5-10-18/h2,4-5,8-12,22H,3,6-7,13-16H2,1H3,(H,31,38)(H,32,36,37). The predicted molar refractivity (Wildman–Crippen MR) is 145 cm³/mol. The monoisotopic (exact) mass is 524 g/mol. The lowest BCUT2D eigenvalue weighted by molar-refractivity contribution is -0.135. The fourth-order valence-corrected chi connectivity index (χ4v) is 5.62. The van der Waals surface area contributed by atoms with Crippen LogP contribution in [0, 0.1) is 6.92 Å². The number of fused-ring (bicyclic) bond motifs is 2. The van der Waals surface area contributed by atoms with Gasteiger partial charge in [0, 0.05) is 18.5 Å². The Labute approximate surface area is 224 Å². The maximum Gasteiger partial charge on any atom is 0.276 e. The third-order valence-electron chi connectivity index (χ3n) is 7.49. The number of hydrogen-bond acceptors (Lipinski definition) is 6. The van der Waals surface area contributed by atoms with Crippen LogP contribution in [0.5, 0.6) is 0 Å². The number of carbonyl (C=O) groups excluding carboxylic acids is 3. The van der Waals surface area contributed by atoms with Crippen LogP contribution in [0.15, 0.2) is 53.3 Å². The number of carbonyl (C=O) groups is 3. The van der Waals surface area contributed by atoms with Crippen LogP contribution in [0.25, 0.3) is 22.3 Å². The molecule has 6 rings (SSSR count). The Bertz CT molecular complexity index is 1690. The lowest BCUT2D eigenvalue weighted by Crippen LogP contribution is -2.45. The summed E-state index contributed by atoms with van der Waals surface area (Å²) in [7, 11) is 0. The van der Waals surface area contributed by atoms with E-state index in [0.29, 0.717) is 22.7 Å². The van der Waals surface area contributed by atoms with Gasteiger partial charge < -0.3 is 9.88 Å². The molecule has 0 bridgehead atoms. The highest BCUT2D eigenvalue weighted by Gasteiger charge is 2.31. The molecular weight excluding hydrogens is 496 g/mol. The fraction of sp³-hybridized carbons (Fsp3) is 0.310. The van der Waals surface area contributed by atoms with Crippen molar-refractivity contribution in [2.75, 3.05) is 5.32 Å². The van der Waals surface area contributed by atoms with E-state index < -0.39 is 17.5 Å². The highest BCUT2D eigenvalue weighted by molar-refractivity contribution is 6.08. The topological polar surface area (TPSA) is 128 Å². The van der Waals surface area contributed by atoms with Crippen LogP contribution in [0.1, 0.15) is 60.2 Å². The van der Waals surface area contributed by atoms with Crippen LogP contribution >= 0.6 is 0 Å². The zero-order valence-corrected chi connectivity index (χ0v) is 21.6. The molecule has 1 fully saturated rings. The Morgan fingerprint density at radius 3 is 2.59 bits per heavy atom. The normalized spacial score (nSPS) is 17.4. The van der Waals surface area contributed by atoms with Crippen molar-refractivity contribution in [3.8, 4) is 11.4 Å². The SMILES string of the molecule is Cc1nc2c(NC(=O)c3nc(-c4ccccc4)n4c3CCCCC4)cccc2c(=O)n1C1CCC(=O)NC1=O. The van der Waals surface area contributed by atoms with Gasteiger partial charge in [0.1, 0.15) is 28.9 Å². The summed E-state index contributed by atoms with van der Waals surface area (Å²) in [5.41, 5.74) is 2.58. The van der Waals surface area contributed by atoms with Crippen LogP contribution in [0.3, 0.4) is 0 Å². The summed E-state index contributed by atoms with van der Waals surface area (Å²) in [4.78, 5) is 60.7. The first-order valence-electron chi connectivity index (χ1n) is 13.2. The summed E-state index contributed by atoms with van der Waals surface area (Å²) < 4.78 is 3.48. The summed E-state index contributed by atoms with van der Waals surface area (Å²) in [6.07, 6.45) is 4.22. The van der Waals surface area contributed by atoms with Crippen molar-refractivity contribution in [1.82, 2.24) is 24.4 Å². The van der Waals surface area contributed by atoms with E-state index in [1.54, 1.807) is 25.1 Å². The van der Waals surface area contributed by atoms with Crippen LogP contribution in [0.2, 0.25) is 0 Å². The van der Waals surface area contributed by atoms with Crippen LogP contribution < -0.4 is 16.2 Å². The minimum Gasteiger partial charge on any atom is -0.327 e. The first kappa shape index (κ1) is 24.7. The second-order valence-electron chi connectivity index (χ2n) is 10.0. The number of para-hydroxylation sites is 1. The van der Waals surface area contributed by atoms with Crippen LogP contribution in [-0.4, -0.2) is 36.8 Å². The number of aryl methyl sites for hydroxylation is 1. The van der Waals surface area contributed by atoms with Crippen molar-refractivity contribution in [3.63, 3.8) is 0 Å². The van der Waals surface area contributed by atoms with Crippen molar-refractivity contribution in [1.29, 1.82) is 0 Å². The van der Waals surface area contributed by atoms with Crippen molar-refractivity contribution in [2.45, 2.75) is 58.0 Å². The lowest BCUT2D eigenvalue weighted by atomic mass is 10.1. The average molecular weight is 525 g/mol. The molecule has 1 saturated heterocycles. The van der Waals surface area contributed by atoms with Gasteiger partial charge in [-0.1, -0.05) is 42.8 Å². The molecule has 10 nitrogen and oxygen atoms in total. The number of rotatable bonds is 4. The van der Waals surface area contributed by atoms with Crippen molar-refractivity contribution in [2.24, 2.45) is 0 Å². The Hall–Kier alpha value is -4.60. The number of aromatic nitrogens is 4. The maximum atomic E-state index is 13.7. The van der Waals surface area contributed by atoms with E-state index in [-0.39, 0.29) is 30.0 Å². The molecule has 2 aliphatic rings. The van der Waals surface area contributed by atoms with Crippen molar-refractivity contribution < 1.29 is 14.4 Å². The number of hydrogen-bond donors (Lipinski definition) is 2. The van der Waals surface area contributed by atoms with Crippen LogP contribution in [0.4, 0.5) is 5.69 Å². The highest BCUT2D eigenvalue weighted by atomic mass is 16.2. The molecule has 2 aliphatic heterocycles. The lowest BCUT2D eigenvalue weighted by Gasteiger charge is -2.24. The number of nitrogens with one attached hydrogen (secondary N) is 2.